The van der Waals surface area contributed by atoms with Gasteiger partial charge in [-0.3, -0.25) is 9.59 Å². The highest BCUT2D eigenvalue weighted by Crippen LogP contribution is 2.39. The van der Waals surface area contributed by atoms with Crippen LogP contribution in [0.4, 0.5) is 5.00 Å². The molecule has 132 valence electrons. The Morgan fingerprint density at radius 1 is 1.24 bits per heavy atom. The summed E-state index contributed by atoms with van der Waals surface area (Å²) in [4.78, 5) is 25.7. The summed E-state index contributed by atoms with van der Waals surface area (Å²) in [6.45, 7) is 6.44. The minimum absolute atomic E-state index is 0.204. The summed E-state index contributed by atoms with van der Waals surface area (Å²) < 4.78 is 0. The average molecular weight is 356 g/mol. The van der Waals surface area contributed by atoms with Crippen LogP contribution in [-0.4, -0.2) is 11.8 Å². The van der Waals surface area contributed by atoms with Crippen molar-refractivity contribution in [2.45, 2.75) is 46.0 Å². The van der Waals surface area contributed by atoms with Crippen molar-refractivity contribution in [3.8, 4) is 0 Å². The number of amides is 2. The van der Waals surface area contributed by atoms with E-state index in [9.17, 15) is 9.59 Å². The molecule has 0 unspecified atom stereocenters. The van der Waals surface area contributed by atoms with E-state index in [-0.39, 0.29) is 5.91 Å². The van der Waals surface area contributed by atoms with Gasteiger partial charge in [-0.1, -0.05) is 32.9 Å². The molecule has 0 aliphatic heterocycles. The van der Waals surface area contributed by atoms with Crippen molar-refractivity contribution >= 4 is 28.2 Å². The van der Waals surface area contributed by atoms with Crippen LogP contribution >= 0.6 is 11.3 Å². The average Bonchev–Trinajstić information content (AvgIpc) is 2.91. The van der Waals surface area contributed by atoms with E-state index < -0.39 is 5.91 Å². The van der Waals surface area contributed by atoms with Crippen LogP contribution < -0.4 is 11.1 Å². The lowest BCUT2D eigenvalue weighted by molar-refractivity contribution is 0.1000. The van der Waals surface area contributed by atoms with Crippen LogP contribution in [0.25, 0.3) is 0 Å². The zero-order valence-electron chi connectivity index (χ0n) is 14.9. The van der Waals surface area contributed by atoms with Crippen LogP contribution in [0, 0.1) is 5.92 Å². The molecule has 2 aromatic rings. The number of thiophene rings is 1. The van der Waals surface area contributed by atoms with E-state index in [1.807, 2.05) is 24.3 Å². The largest absolute Gasteiger partial charge is 0.365 e. The smallest absolute Gasteiger partial charge is 0.256 e. The Morgan fingerprint density at radius 3 is 2.52 bits per heavy atom. The number of benzene rings is 1. The molecule has 0 spiro atoms. The number of carbonyl (C=O) groups excluding carboxylic acids is 2. The molecule has 5 heteroatoms. The van der Waals surface area contributed by atoms with Crippen LogP contribution in [0.15, 0.2) is 24.3 Å². The highest BCUT2D eigenvalue weighted by atomic mass is 32.1. The molecule has 0 saturated heterocycles. The molecular formula is C20H24N2O2S. The van der Waals surface area contributed by atoms with Crippen LogP contribution in [-0.2, 0) is 12.8 Å². The van der Waals surface area contributed by atoms with Crippen molar-refractivity contribution in [1.29, 1.82) is 0 Å². The second-order valence-electron chi connectivity index (χ2n) is 7.15. The van der Waals surface area contributed by atoms with Gasteiger partial charge in [0.25, 0.3) is 11.8 Å². The third-order valence-corrected chi connectivity index (χ3v) is 5.99. The highest BCUT2D eigenvalue weighted by Gasteiger charge is 2.27. The van der Waals surface area contributed by atoms with Gasteiger partial charge in [0.2, 0.25) is 0 Å². The molecule has 1 aromatic heterocycles. The Labute approximate surface area is 152 Å². The Hall–Kier alpha value is -2.14. The summed E-state index contributed by atoms with van der Waals surface area (Å²) in [5.41, 5.74) is 8.90. The molecule has 3 rings (SSSR count). The number of hydrogen-bond donors (Lipinski definition) is 2. The molecule has 3 N–H and O–H groups in total. The monoisotopic (exact) mass is 356 g/mol. The molecule has 0 radical (unpaired) electrons. The van der Waals surface area contributed by atoms with Gasteiger partial charge >= 0.3 is 0 Å². The van der Waals surface area contributed by atoms with Crippen molar-refractivity contribution in [1.82, 2.24) is 0 Å². The second kappa shape index (κ2) is 7.00. The standard InChI is InChI=1S/C20H24N2O2S/c1-11(2)13-5-7-14(8-6-13)19(24)22-20-17(18(21)23)15-9-4-12(3)10-16(15)25-20/h5-8,11-12H,4,9-10H2,1-3H3,(H2,21,23)(H,22,24)/t12-/m1/s1. The summed E-state index contributed by atoms with van der Waals surface area (Å²) in [6.07, 6.45) is 2.84. The number of anilines is 1. The summed E-state index contributed by atoms with van der Waals surface area (Å²) >= 11 is 1.49. The van der Waals surface area contributed by atoms with Gasteiger partial charge in [0.05, 0.1) is 5.56 Å². The predicted molar refractivity (Wildman–Crippen MR) is 103 cm³/mol. The molecule has 0 fully saturated rings. The van der Waals surface area contributed by atoms with Crippen molar-refractivity contribution < 1.29 is 9.59 Å². The fourth-order valence-electron chi connectivity index (χ4n) is 3.29. The zero-order valence-corrected chi connectivity index (χ0v) is 15.7. The SMILES string of the molecule is CC(C)c1ccc(C(=O)Nc2sc3c(c2C(N)=O)CC[C@@H](C)C3)cc1. The molecule has 4 nitrogen and oxygen atoms in total. The lowest BCUT2D eigenvalue weighted by Gasteiger charge is -2.18. The molecule has 1 heterocycles. The number of hydrogen-bond acceptors (Lipinski definition) is 3. The number of primary amides is 1. The molecule has 0 bridgehead atoms. The van der Waals surface area contributed by atoms with Gasteiger partial charge in [0, 0.05) is 10.4 Å². The summed E-state index contributed by atoms with van der Waals surface area (Å²) in [5, 5.41) is 3.50. The molecule has 1 atom stereocenters. The van der Waals surface area contributed by atoms with Crippen molar-refractivity contribution in [2.24, 2.45) is 11.7 Å². The van der Waals surface area contributed by atoms with Crippen LogP contribution in [0.5, 0.6) is 0 Å². The maximum Gasteiger partial charge on any atom is 0.256 e. The number of rotatable bonds is 4. The topological polar surface area (TPSA) is 72.2 Å². The summed E-state index contributed by atoms with van der Waals surface area (Å²) in [7, 11) is 0. The first-order chi connectivity index (χ1) is 11.9. The first-order valence-electron chi connectivity index (χ1n) is 8.72. The van der Waals surface area contributed by atoms with E-state index in [2.05, 4.69) is 26.1 Å². The van der Waals surface area contributed by atoms with Gasteiger partial charge in [-0.05, 0) is 54.4 Å². The third kappa shape index (κ3) is 3.61. The van der Waals surface area contributed by atoms with E-state index in [0.29, 0.717) is 28.0 Å². The fourth-order valence-corrected chi connectivity index (χ4v) is 4.71. The summed E-state index contributed by atoms with van der Waals surface area (Å²) in [6, 6.07) is 7.58. The maximum atomic E-state index is 12.6. The maximum absolute atomic E-state index is 12.6. The van der Waals surface area contributed by atoms with Crippen LogP contribution in [0.3, 0.4) is 0 Å². The van der Waals surface area contributed by atoms with Gasteiger partial charge in [-0.15, -0.1) is 11.3 Å². The molecule has 2 amide bonds. The molecule has 1 aliphatic rings. The first-order valence-corrected chi connectivity index (χ1v) is 9.54. The normalized spacial score (nSPS) is 16.6. The predicted octanol–water partition coefficient (Wildman–Crippen LogP) is 4.35. The Morgan fingerprint density at radius 2 is 1.92 bits per heavy atom. The van der Waals surface area contributed by atoms with E-state index in [0.717, 1.165) is 24.8 Å². The number of nitrogens with one attached hydrogen (secondary N) is 1. The molecule has 0 saturated carbocycles. The molecule has 1 aliphatic carbocycles. The van der Waals surface area contributed by atoms with E-state index in [4.69, 9.17) is 5.73 Å². The molecule has 25 heavy (non-hydrogen) atoms. The quantitative estimate of drug-likeness (QED) is 0.855. The van der Waals surface area contributed by atoms with Crippen LogP contribution in [0.2, 0.25) is 0 Å². The highest BCUT2D eigenvalue weighted by molar-refractivity contribution is 7.17. The van der Waals surface area contributed by atoms with Gasteiger partial charge in [0.15, 0.2) is 0 Å². The number of carbonyl (C=O) groups is 2. The second-order valence-corrected chi connectivity index (χ2v) is 8.26. The van der Waals surface area contributed by atoms with Crippen molar-refractivity contribution in [3.63, 3.8) is 0 Å². The van der Waals surface area contributed by atoms with E-state index >= 15 is 0 Å². The van der Waals surface area contributed by atoms with Gasteiger partial charge < -0.3 is 11.1 Å². The zero-order chi connectivity index (χ0) is 18.1. The lowest BCUT2D eigenvalue weighted by Crippen LogP contribution is -2.19. The minimum Gasteiger partial charge on any atom is -0.365 e. The van der Waals surface area contributed by atoms with Gasteiger partial charge in [-0.2, -0.15) is 0 Å². The summed E-state index contributed by atoms with van der Waals surface area (Å²) in [5.74, 6) is 0.352. The Balaban J connectivity index is 1.87. The third-order valence-electron chi connectivity index (χ3n) is 4.82. The number of nitrogens with two attached hydrogens (primary N) is 1. The Bertz CT molecular complexity index is 806. The van der Waals surface area contributed by atoms with Gasteiger partial charge in [0.1, 0.15) is 5.00 Å². The fraction of sp³-hybridized carbons (Fsp3) is 0.400. The molecular weight excluding hydrogens is 332 g/mol. The van der Waals surface area contributed by atoms with Gasteiger partial charge in [-0.25, -0.2) is 0 Å². The minimum atomic E-state index is -0.461. The van der Waals surface area contributed by atoms with Crippen molar-refractivity contribution in [3.05, 3.63) is 51.4 Å². The van der Waals surface area contributed by atoms with Crippen LogP contribution in [0.1, 0.15) is 69.8 Å². The molecule has 1 aromatic carbocycles. The first kappa shape index (κ1) is 17.7. The number of fused-ring (bicyclic) bond motifs is 1. The lowest BCUT2D eigenvalue weighted by atomic mass is 9.88. The Kier molecular flexibility index (Phi) is 4.95. The van der Waals surface area contributed by atoms with E-state index in [1.54, 1.807) is 0 Å². The van der Waals surface area contributed by atoms with E-state index in [1.165, 1.54) is 21.8 Å². The van der Waals surface area contributed by atoms with Crippen molar-refractivity contribution in [2.75, 3.05) is 5.32 Å².